The van der Waals surface area contributed by atoms with Crippen LogP contribution in [0.2, 0.25) is 15.1 Å². The van der Waals surface area contributed by atoms with Gasteiger partial charge in [-0.05, 0) is 26.0 Å². The standard InChI is InChI=1S/C16H15Cl3F2N2O4/c1-4-25-15(24)7(2)26-11-5-8(9(17)6-10(11)18)13-12(19)14(23(3)22-13)27-16(20)21/h5-7,16H,4H2,1-3H3. The Morgan fingerprint density at radius 2 is 1.89 bits per heavy atom. The zero-order valence-corrected chi connectivity index (χ0v) is 16.7. The molecule has 6 nitrogen and oxygen atoms in total. The maximum Gasteiger partial charge on any atom is 0.388 e. The van der Waals surface area contributed by atoms with Crippen LogP contribution in [0.15, 0.2) is 12.1 Å². The van der Waals surface area contributed by atoms with Gasteiger partial charge in [0.15, 0.2) is 6.10 Å². The quantitative estimate of drug-likeness (QED) is 0.565. The maximum absolute atomic E-state index is 12.5. The Morgan fingerprint density at radius 3 is 2.48 bits per heavy atom. The van der Waals surface area contributed by atoms with Crippen LogP contribution in [-0.4, -0.2) is 35.1 Å². The third-order valence-corrected chi connectivity index (χ3v) is 4.29. The monoisotopic (exact) mass is 442 g/mol. The Morgan fingerprint density at radius 1 is 1.22 bits per heavy atom. The van der Waals surface area contributed by atoms with E-state index in [4.69, 9.17) is 44.3 Å². The lowest BCUT2D eigenvalue weighted by Gasteiger charge is -2.15. The number of nitrogens with zero attached hydrogens (tertiary/aromatic N) is 2. The third kappa shape index (κ3) is 4.94. The number of rotatable bonds is 7. The van der Waals surface area contributed by atoms with Gasteiger partial charge in [0.2, 0.25) is 5.88 Å². The molecule has 1 aromatic heterocycles. The normalized spacial score (nSPS) is 12.2. The molecule has 0 N–H and O–H groups in total. The number of benzene rings is 1. The van der Waals surface area contributed by atoms with Gasteiger partial charge in [-0.1, -0.05) is 34.8 Å². The summed E-state index contributed by atoms with van der Waals surface area (Å²) in [6.45, 7) is 0.281. The van der Waals surface area contributed by atoms with E-state index in [0.717, 1.165) is 4.68 Å². The first kappa shape index (κ1) is 21.5. The first-order valence-electron chi connectivity index (χ1n) is 7.65. The average Bonchev–Trinajstić information content (AvgIpc) is 2.85. The van der Waals surface area contributed by atoms with E-state index in [1.807, 2.05) is 0 Å². The smallest absolute Gasteiger partial charge is 0.388 e. The number of carbonyl (C=O) groups excluding carboxylic acids is 1. The van der Waals surface area contributed by atoms with E-state index in [0.29, 0.717) is 0 Å². The molecule has 0 saturated heterocycles. The summed E-state index contributed by atoms with van der Waals surface area (Å²) in [5, 5.41) is 4.19. The molecule has 11 heteroatoms. The SMILES string of the molecule is CCOC(=O)C(C)Oc1cc(-c2nn(C)c(OC(F)F)c2Cl)c(Cl)cc1Cl. The van der Waals surface area contributed by atoms with Gasteiger partial charge in [-0.3, -0.25) is 0 Å². The van der Waals surface area contributed by atoms with Crippen molar-refractivity contribution in [1.82, 2.24) is 9.78 Å². The highest BCUT2D eigenvalue weighted by atomic mass is 35.5. The molecule has 1 aromatic carbocycles. The van der Waals surface area contributed by atoms with Crippen molar-refractivity contribution < 1.29 is 27.8 Å². The van der Waals surface area contributed by atoms with E-state index in [1.165, 1.54) is 26.1 Å². The maximum atomic E-state index is 12.5. The lowest BCUT2D eigenvalue weighted by molar-refractivity contribution is -0.150. The summed E-state index contributed by atoms with van der Waals surface area (Å²) in [6, 6.07) is 2.77. The minimum Gasteiger partial charge on any atom is -0.477 e. The number of esters is 1. The van der Waals surface area contributed by atoms with Gasteiger partial charge in [0, 0.05) is 12.6 Å². The lowest BCUT2D eigenvalue weighted by Crippen LogP contribution is -2.26. The van der Waals surface area contributed by atoms with E-state index in [2.05, 4.69) is 9.84 Å². The van der Waals surface area contributed by atoms with E-state index >= 15 is 0 Å². The average molecular weight is 444 g/mol. The third-order valence-electron chi connectivity index (χ3n) is 3.34. The Balaban J connectivity index is 2.43. The van der Waals surface area contributed by atoms with Crippen molar-refractivity contribution in [2.45, 2.75) is 26.6 Å². The molecule has 0 amide bonds. The molecular formula is C16H15Cl3F2N2O4. The first-order chi connectivity index (χ1) is 12.6. The molecular weight excluding hydrogens is 429 g/mol. The van der Waals surface area contributed by atoms with Gasteiger partial charge in [-0.15, -0.1) is 0 Å². The summed E-state index contributed by atoms with van der Waals surface area (Å²) in [7, 11) is 1.39. The summed E-state index contributed by atoms with van der Waals surface area (Å²) in [6.07, 6.45) is -0.937. The number of hydrogen-bond acceptors (Lipinski definition) is 5. The van der Waals surface area contributed by atoms with Crippen molar-refractivity contribution in [3.8, 4) is 22.9 Å². The summed E-state index contributed by atoms with van der Waals surface area (Å²) in [5.41, 5.74) is 0.349. The molecule has 0 saturated carbocycles. The highest BCUT2D eigenvalue weighted by Crippen LogP contribution is 2.42. The molecule has 1 unspecified atom stereocenters. The van der Waals surface area contributed by atoms with E-state index in [1.54, 1.807) is 6.92 Å². The molecule has 1 heterocycles. The second-order valence-electron chi connectivity index (χ2n) is 5.24. The molecule has 2 rings (SSSR count). The second-order valence-corrected chi connectivity index (χ2v) is 6.44. The molecule has 0 aliphatic carbocycles. The van der Waals surface area contributed by atoms with Crippen LogP contribution in [0.25, 0.3) is 11.3 Å². The number of aromatic nitrogens is 2. The number of hydrogen-bond donors (Lipinski definition) is 0. The molecule has 0 spiro atoms. The van der Waals surface area contributed by atoms with Crippen LogP contribution in [0.3, 0.4) is 0 Å². The number of ether oxygens (including phenoxy) is 3. The van der Waals surface area contributed by atoms with Gasteiger partial charge in [0.05, 0.1) is 16.7 Å². The zero-order valence-electron chi connectivity index (χ0n) is 14.4. The largest absolute Gasteiger partial charge is 0.477 e. The van der Waals surface area contributed by atoms with Gasteiger partial charge in [-0.25, -0.2) is 9.48 Å². The van der Waals surface area contributed by atoms with Crippen molar-refractivity contribution in [2.24, 2.45) is 7.05 Å². The van der Waals surface area contributed by atoms with Crippen LogP contribution in [-0.2, 0) is 16.6 Å². The number of aryl methyl sites for hydroxylation is 1. The van der Waals surface area contributed by atoms with Crippen LogP contribution in [0.4, 0.5) is 8.78 Å². The van der Waals surface area contributed by atoms with Crippen molar-refractivity contribution in [3.63, 3.8) is 0 Å². The van der Waals surface area contributed by atoms with Crippen molar-refractivity contribution >= 4 is 40.8 Å². The van der Waals surface area contributed by atoms with E-state index in [-0.39, 0.29) is 44.6 Å². The predicted molar refractivity (Wildman–Crippen MR) is 97.0 cm³/mol. The number of carbonyl (C=O) groups is 1. The molecule has 2 aromatic rings. The van der Waals surface area contributed by atoms with Gasteiger partial charge in [-0.2, -0.15) is 13.9 Å². The van der Waals surface area contributed by atoms with Crippen molar-refractivity contribution in [3.05, 3.63) is 27.2 Å². The molecule has 0 fully saturated rings. The molecule has 0 radical (unpaired) electrons. The first-order valence-corrected chi connectivity index (χ1v) is 8.79. The van der Waals surface area contributed by atoms with Crippen molar-refractivity contribution in [2.75, 3.05) is 6.61 Å². The van der Waals surface area contributed by atoms with E-state index in [9.17, 15) is 13.6 Å². The van der Waals surface area contributed by atoms with E-state index < -0.39 is 18.7 Å². The van der Waals surface area contributed by atoms with Crippen LogP contribution >= 0.6 is 34.8 Å². The molecule has 1 atom stereocenters. The number of halogens is 5. The highest BCUT2D eigenvalue weighted by molar-refractivity contribution is 6.39. The summed E-state index contributed by atoms with van der Waals surface area (Å²) >= 11 is 18.4. The Labute approximate surface area is 168 Å². The molecule has 0 bridgehead atoms. The Kier molecular flexibility index (Phi) is 7.13. The fraction of sp³-hybridized carbons (Fsp3) is 0.375. The van der Waals surface area contributed by atoms with Crippen LogP contribution in [0.5, 0.6) is 11.6 Å². The fourth-order valence-electron chi connectivity index (χ4n) is 2.17. The molecule has 0 aliphatic heterocycles. The Hall–Kier alpha value is -1.77. The topological polar surface area (TPSA) is 62.6 Å². The highest BCUT2D eigenvalue weighted by Gasteiger charge is 2.24. The fourth-order valence-corrected chi connectivity index (χ4v) is 2.99. The van der Waals surface area contributed by atoms with Crippen LogP contribution in [0, 0.1) is 0 Å². The minimum atomic E-state index is -3.07. The predicted octanol–water partition coefficient (Wildman–Crippen LogP) is 4.98. The van der Waals surface area contributed by atoms with Crippen molar-refractivity contribution in [1.29, 1.82) is 0 Å². The molecule has 148 valence electrons. The zero-order chi connectivity index (χ0) is 20.3. The van der Waals surface area contributed by atoms with Crippen LogP contribution in [0.1, 0.15) is 13.8 Å². The minimum absolute atomic E-state index is 0.0881. The second kappa shape index (κ2) is 8.95. The van der Waals surface area contributed by atoms with Gasteiger partial charge >= 0.3 is 12.6 Å². The van der Waals surface area contributed by atoms with Gasteiger partial charge in [0.1, 0.15) is 16.5 Å². The van der Waals surface area contributed by atoms with Crippen LogP contribution < -0.4 is 9.47 Å². The number of alkyl halides is 2. The lowest BCUT2D eigenvalue weighted by atomic mass is 10.1. The Bertz CT molecular complexity index is 846. The molecule has 27 heavy (non-hydrogen) atoms. The summed E-state index contributed by atoms with van der Waals surface area (Å²) in [4.78, 5) is 11.7. The van der Waals surface area contributed by atoms with Gasteiger partial charge in [0.25, 0.3) is 0 Å². The summed E-state index contributed by atoms with van der Waals surface area (Å²) in [5.74, 6) is -0.779. The summed E-state index contributed by atoms with van der Waals surface area (Å²) < 4.78 is 40.9. The van der Waals surface area contributed by atoms with Gasteiger partial charge < -0.3 is 14.2 Å². The molecule has 0 aliphatic rings.